The third-order valence-electron chi connectivity index (χ3n) is 2.04. The number of aromatic nitrogens is 4. The molecule has 0 spiro atoms. The maximum atomic E-state index is 11.0. The molecule has 0 aliphatic rings. The summed E-state index contributed by atoms with van der Waals surface area (Å²) in [5.74, 6) is 0.489. The first-order valence-electron chi connectivity index (χ1n) is 4.87. The van der Waals surface area contributed by atoms with Crippen LogP contribution in [0.2, 0.25) is 0 Å². The minimum absolute atomic E-state index is 0.171. The van der Waals surface area contributed by atoms with Gasteiger partial charge in [0.15, 0.2) is 5.65 Å². The quantitative estimate of drug-likeness (QED) is 0.466. The van der Waals surface area contributed by atoms with Crippen molar-refractivity contribution < 1.29 is 9.53 Å². The van der Waals surface area contributed by atoms with Crippen LogP contribution < -0.4 is 5.73 Å². The van der Waals surface area contributed by atoms with E-state index in [1.54, 1.807) is 0 Å². The van der Waals surface area contributed by atoms with Gasteiger partial charge in [0, 0.05) is 5.75 Å². The highest BCUT2D eigenvalue weighted by Crippen LogP contribution is 2.23. The van der Waals surface area contributed by atoms with Gasteiger partial charge in [-0.25, -0.2) is 9.97 Å². The Morgan fingerprint density at radius 3 is 3.18 bits per heavy atom. The van der Waals surface area contributed by atoms with Crippen LogP contribution in [0.15, 0.2) is 11.4 Å². The molecular weight excluding hydrogens is 242 g/mol. The molecule has 0 bridgehead atoms. The van der Waals surface area contributed by atoms with Gasteiger partial charge < -0.3 is 15.5 Å². The van der Waals surface area contributed by atoms with Crippen molar-refractivity contribution in [2.45, 2.75) is 11.4 Å². The number of hydrogen-bond acceptors (Lipinski definition) is 7. The summed E-state index contributed by atoms with van der Waals surface area (Å²) in [5.41, 5.74) is 6.82. The van der Waals surface area contributed by atoms with Gasteiger partial charge in [0.1, 0.15) is 10.5 Å². The van der Waals surface area contributed by atoms with Gasteiger partial charge in [0.05, 0.1) is 19.9 Å². The molecule has 0 aliphatic heterocycles. The van der Waals surface area contributed by atoms with Crippen LogP contribution in [0.4, 0.5) is 5.95 Å². The third kappa shape index (κ3) is 2.64. The van der Waals surface area contributed by atoms with E-state index in [9.17, 15) is 4.79 Å². The Morgan fingerprint density at radius 1 is 1.59 bits per heavy atom. The van der Waals surface area contributed by atoms with Crippen molar-refractivity contribution in [3.05, 3.63) is 6.33 Å². The Hall–Kier alpha value is -1.83. The van der Waals surface area contributed by atoms with Crippen molar-refractivity contribution in [2.24, 2.45) is 0 Å². The molecule has 0 unspecified atom stereocenters. The first kappa shape index (κ1) is 11.6. The lowest BCUT2D eigenvalue weighted by atomic mass is 10.5. The first-order chi connectivity index (χ1) is 8.20. The number of nitrogens with two attached hydrogens (primary N) is 1. The maximum absolute atomic E-state index is 11.0. The zero-order valence-corrected chi connectivity index (χ0v) is 9.95. The average Bonchev–Trinajstić information content (AvgIpc) is 2.76. The van der Waals surface area contributed by atoms with Crippen molar-refractivity contribution in [2.75, 3.05) is 18.6 Å². The van der Waals surface area contributed by atoms with Crippen molar-refractivity contribution in [3.8, 4) is 0 Å². The monoisotopic (exact) mass is 253 g/mol. The van der Waals surface area contributed by atoms with Crippen LogP contribution in [-0.4, -0.2) is 38.8 Å². The number of esters is 1. The molecule has 17 heavy (non-hydrogen) atoms. The molecule has 0 amide bonds. The molecule has 0 saturated carbocycles. The number of thioether (sulfide) groups is 1. The largest absolute Gasteiger partial charge is 0.469 e. The van der Waals surface area contributed by atoms with Gasteiger partial charge in [-0.3, -0.25) is 4.79 Å². The molecule has 90 valence electrons. The summed E-state index contributed by atoms with van der Waals surface area (Å²) in [6, 6.07) is 0. The summed E-state index contributed by atoms with van der Waals surface area (Å²) in [4.78, 5) is 26.0. The highest BCUT2D eigenvalue weighted by atomic mass is 32.2. The smallest absolute Gasteiger partial charge is 0.306 e. The van der Waals surface area contributed by atoms with E-state index in [2.05, 4.69) is 24.7 Å². The van der Waals surface area contributed by atoms with Crippen molar-refractivity contribution in [1.29, 1.82) is 0 Å². The average molecular weight is 253 g/mol. The molecule has 2 heterocycles. The Balaban J connectivity index is 2.12. The number of ether oxygens (including phenoxy) is 1. The standard InChI is InChI=1S/C9H11N5O2S/c1-16-5(15)2-3-17-8-6-7(12-4-11-6)13-9(10)14-8/h4H,2-3H2,1H3,(H3,10,11,12,13,14). The second-order valence-corrected chi connectivity index (χ2v) is 4.25. The van der Waals surface area contributed by atoms with Crippen LogP contribution in [-0.2, 0) is 9.53 Å². The first-order valence-corrected chi connectivity index (χ1v) is 5.85. The Morgan fingerprint density at radius 2 is 2.41 bits per heavy atom. The van der Waals surface area contributed by atoms with Gasteiger partial charge in [-0.15, -0.1) is 11.8 Å². The zero-order valence-electron chi connectivity index (χ0n) is 9.14. The number of anilines is 1. The fourth-order valence-corrected chi connectivity index (χ4v) is 2.17. The molecule has 2 aromatic heterocycles. The second-order valence-electron chi connectivity index (χ2n) is 3.16. The summed E-state index contributed by atoms with van der Waals surface area (Å²) in [6.07, 6.45) is 1.85. The molecule has 0 radical (unpaired) electrons. The summed E-state index contributed by atoms with van der Waals surface area (Å²) in [7, 11) is 1.36. The Labute approximate surface area is 101 Å². The number of hydrogen-bond donors (Lipinski definition) is 2. The normalized spacial score (nSPS) is 10.6. The number of imidazole rings is 1. The van der Waals surface area contributed by atoms with Crippen LogP contribution >= 0.6 is 11.8 Å². The zero-order chi connectivity index (χ0) is 12.3. The number of aromatic amines is 1. The molecule has 0 aromatic carbocycles. The molecule has 0 saturated heterocycles. The molecule has 0 atom stereocenters. The molecule has 2 aromatic rings. The van der Waals surface area contributed by atoms with Crippen LogP contribution in [0.1, 0.15) is 6.42 Å². The van der Waals surface area contributed by atoms with Crippen molar-refractivity contribution in [3.63, 3.8) is 0 Å². The molecule has 0 aliphatic carbocycles. The molecular formula is C9H11N5O2S. The van der Waals surface area contributed by atoms with E-state index < -0.39 is 0 Å². The maximum Gasteiger partial charge on any atom is 0.306 e. The van der Waals surface area contributed by atoms with Gasteiger partial charge in [-0.1, -0.05) is 0 Å². The number of methoxy groups -OCH3 is 1. The SMILES string of the molecule is COC(=O)CCSc1nc(N)nc2nc[nH]c12. The number of fused-ring (bicyclic) bond motifs is 1. The van der Waals surface area contributed by atoms with Crippen molar-refractivity contribution >= 4 is 34.8 Å². The minimum Gasteiger partial charge on any atom is -0.469 e. The Kier molecular flexibility index (Phi) is 3.43. The van der Waals surface area contributed by atoms with E-state index in [1.807, 2.05) is 0 Å². The molecule has 7 nitrogen and oxygen atoms in total. The van der Waals surface area contributed by atoms with Gasteiger partial charge in [-0.05, 0) is 0 Å². The van der Waals surface area contributed by atoms with Crippen LogP contribution in [0, 0.1) is 0 Å². The van der Waals surface area contributed by atoms with Crippen LogP contribution in [0.25, 0.3) is 11.2 Å². The lowest BCUT2D eigenvalue weighted by Crippen LogP contribution is -2.02. The van der Waals surface area contributed by atoms with Gasteiger partial charge in [0.2, 0.25) is 5.95 Å². The highest BCUT2D eigenvalue weighted by molar-refractivity contribution is 7.99. The van der Waals surface area contributed by atoms with E-state index in [-0.39, 0.29) is 11.9 Å². The number of carbonyl (C=O) groups is 1. The number of H-pyrrole nitrogens is 1. The summed E-state index contributed by atoms with van der Waals surface area (Å²) in [5, 5.41) is 0.689. The van der Waals surface area contributed by atoms with Crippen LogP contribution in [0.3, 0.4) is 0 Å². The number of nitrogens with one attached hydrogen (secondary N) is 1. The number of carbonyl (C=O) groups excluding carboxylic acids is 1. The molecule has 8 heteroatoms. The fourth-order valence-electron chi connectivity index (χ4n) is 1.26. The lowest BCUT2D eigenvalue weighted by molar-refractivity contribution is -0.140. The predicted molar refractivity (Wildman–Crippen MR) is 63.5 cm³/mol. The van der Waals surface area contributed by atoms with Gasteiger partial charge in [0.25, 0.3) is 0 Å². The molecule has 0 fully saturated rings. The highest BCUT2D eigenvalue weighted by Gasteiger charge is 2.09. The summed E-state index contributed by atoms with van der Waals surface area (Å²) < 4.78 is 4.55. The fraction of sp³-hybridized carbons (Fsp3) is 0.333. The summed E-state index contributed by atoms with van der Waals surface area (Å²) in [6.45, 7) is 0. The van der Waals surface area contributed by atoms with E-state index in [0.29, 0.717) is 22.8 Å². The number of rotatable bonds is 4. The molecule has 3 N–H and O–H groups in total. The van der Waals surface area contributed by atoms with E-state index in [0.717, 1.165) is 5.52 Å². The second kappa shape index (κ2) is 5.00. The van der Waals surface area contributed by atoms with E-state index in [4.69, 9.17) is 5.73 Å². The van der Waals surface area contributed by atoms with Crippen molar-refractivity contribution in [1.82, 2.24) is 19.9 Å². The van der Waals surface area contributed by atoms with E-state index >= 15 is 0 Å². The molecule has 2 rings (SSSR count). The predicted octanol–water partition coefficient (Wildman–Crippen LogP) is 0.590. The summed E-state index contributed by atoms with van der Waals surface area (Å²) >= 11 is 1.41. The van der Waals surface area contributed by atoms with E-state index in [1.165, 1.54) is 25.2 Å². The van der Waals surface area contributed by atoms with Gasteiger partial charge >= 0.3 is 5.97 Å². The minimum atomic E-state index is -0.250. The van der Waals surface area contributed by atoms with Crippen LogP contribution in [0.5, 0.6) is 0 Å². The lowest BCUT2D eigenvalue weighted by Gasteiger charge is -2.02. The number of nitrogens with zero attached hydrogens (tertiary/aromatic N) is 3. The number of nitrogen functional groups attached to an aromatic ring is 1. The van der Waals surface area contributed by atoms with Gasteiger partial charge in [-0.2, -0.15) is 4.98 Å². The third-order valence-corrected chi connectivity index (χ3v) is 3.02. The Bertz CT molecular complexity index is 541. The topological polar surface area (TPSA) is 107 Å².